The van der Waals surface area contributed by atoms with Crippen molar-refractivity contribution >= 4 is 29.0 Å². The van der Waals surface area contributed by atoms with Crippen LogP contribution in [0, 0.1) is 6.92 Å². The van der Waals surface area contributed by atoms with Gasteiger partial charge >= 0.3 is 0 Å². The SMILES string of the molecule is Cc1cc(NC(=O)c2cnn3c(C(F)F)cc(-c4ccccc4)nc23)nn1Cc1ccccc1Cl. The third-order valence-corrected chi connectivity index (χ3v) is 5.91. The summed E-state index contributed by atoms with van der Waals surface area (Å²) >= 11 is 6.25. The number of aryl methyl sites for hydroxylation is 1. The second-order valence-electron chi connectivity index (χ2n) is 7.90. The molecule has 10 heteroatoms. The number of benzene rings is 2. The summed E-state index contributed by atoms with van der Waals surface area (Å²) in [4.78, 5) is 17.6. The van der Waals surface area contributed by atoms with Crippen LogP contribution >= 0.6 is 11.6 Å². The van der Waals surface area contributed by atoms with E-state index in [9.17, 15) is 13.6 Å². The molecule has 0 fully saturated rings. The van der Waals surface area contributed by atoms with Crippen molar-refractivity contribution in [2.45, 2.75) is 19.9 Å². The van der Waals surface area contributed by atoms with Crippen molar-refractivity contribution in [2.24, 2.45) is 0 Å². The van der Waals surface area contributed by atoms with Crippen molar-refractivity contribution in [1.29, 1.82) is 0 Å². The van der Waals surface area contributed by atoms with E-state index in [-0.39, 0.29) is 16.9 Å². The predicted molar refractivity (Wildman–Crippen MR) is 129 cm³/mol. The topological polar surface area (TPSA) is 77.1 Å². The number of halogens is 3. The summed E-state index contributed by atoms with van der Waals surface area (Å²) in [6.07, 6.45) is -1.58. The molecule has 0 aliphatic rings. The highest BCUT2D eigenvalue weighted by atomic mass is 35.5. The van der Waals surface area contributed by atoms with Crippen LogP contribution in [-0.4, -0.2) is 30.3 Å². The number of carbonyl (C=O) groups is 1. The Hall–Kier alpha value is -4.11. The van der Waals surface area contributed by atoms with E-state index in [0.29, 0.717) is 28.6 Å². The summed E-state index contributed by atoms with van der Waals surface area (Å²) in [5.41, 5.74) is 2.41. The molecule has 0 bridgehead atoms. The summed E-state index contributed by atoms with van der Waals surface area (Å²) < 4.78 is 30.3. The van der Waals surface area contributed by atoms with Crippen molar-refractivity contribution in [3.8, 4) is 11.3 Å². The van der Waals surface area contributed by atoms with Crippen molar-refractivity contribution in [3.63, 3.8) is 0 Å². The van der Waals surface area contributed by atoms with Crippen molar-refractivity contribution in [1.82, 2.24) is 24.4 Å². The van der Waals surface area contributed by atoms with Crippen LogP contribution < -0.4 is 5.32 Å². The van der Waals surface area contributed by atoms with Gasteiger partial charge in [-0.3, -0.25) is 9.48 Å². The Bertz CT molecular complexity index is 1530. The Labute approximate surface area is 204 Å². The first-order valence-corrected chi connectivity index (χ1v) is 11.1. The molecule has 0 atom stereocenters. The molecule has 0 spiro atoms. The Kier molecular flexibility index (Phi) is 6.00. The lowest BCUT2D eigenvalue weighted by Crippen LogP contribution is -2.14. The monoisotopic (exact) mass is 492 g/mol. The normalized spacial score (nSPS) is 11.3. The van der Waals surface area contributed by atoms with Crippen LogP contribution in [0.5, 0.6) is 0 Å². The third kappa shape index (κ3) is 4.50. The average Bonchev–Trinajstić information content (AvgIpc) is 3.43. The first-order chi connectivity index (χ1) is 16.9. The van der Waals surface area contributed by atoms with Gasteiger partial charge in [-0.05, 0) is 24.6 Å². The molecule has 3 heterocycles. The molecule has 1 N–H and O–H groups in total. The van der Waals surface area contributed by atoms with Crippen LogP contribution in [0.2, 0.25) is 5.02 Å². The number of hydrogen-bond donors (Lipinski definition) is 1. The van der Waals surface area contributed by atoms with Crippen molar-refractivity contribution in [3.05, 3.63) is 100 Å². The van der Waals surface area contributed by atoms with Crippen LogP contribution in [0.25, 0.3) is 16.9 Å². The molecule has 2 aromatic carbocycles. The quantitative estimate of drug-likeness (QED) is 0.325. The highest BCUT2D eigenvalue weighted by molar-refractivity contribution is 6.31. The van der Waals surface area contributed by atoms with Gasteiger partial charge in [0.05, 0.1) is 18.4 Å². The molecule has 1 amide bonds. The summed E-state index contributed by atoms with van der Waals surface area (Å²) in [5, 5.41) is 11.8. The van der Waals surface area contributed by atoms with Gasteiger partial charge in [-0.25, -0.2) is 18.3 Å². The highest BCUT2D eigenvalue weighted by Gasteiger charge is 2.22. The molecule has 7 nitrogen and oxygen atoms in total. The van der Waals surface area contributed by atoms with Crippen LogP contribution in [0.1, 0.15) is 33.7 Å². The Morgan fingerprint density at radius 3 is 2.57 bits per heavy atom. The van der Waals surface area contributed by atoms with E-state index in [1.807, 2.05) is 31.2 Å². The van der Waals surface area contributed by atoms with Gasteiger partial charge in [0.2, 0.25) is 0 Å². The lowest BCUT2D eigenvalue weighted by Gasteiger charge is -2.08. The standard InChI is InChI=1S/C25H19ClF2N6O/c1-15-11-22(32-33(15)14-17-9-5-6-10-19(17)26)31-25(35)18-13-29-34-21(23(27)28)12-20(30-24(18)34)16-7-3-2-4-8-16/h2-13,23H,14H2,1H3,(H,31,32,35). The molecule has 5 rings (SSSR count). The maximum absolute atomic E-state index is 13.8. The van der Waals surface area contributed by atoms with Gasteiger partial charge in [0.1, 0.15) is 11.3 Å². The van der Waals surface area contributed by atoms with E-state index < -0.39 is 12.3 Å². The summed E-state index contributed by atoms with van der Waals surface area (Å²) in [5.74, 6) is -0.243. The van der Waals surface area contributed by atoms with Crippen LogP contribution in [0.15, 0.2) is 72.9 Å². The molecule has 3 aromatic heterocycles. The minimum Gasteiger partial charge on any atom is -0.305 e. The number of rotatable bonds is 6. The van der Waals surface area contributed by atoms with Gasteiger partial charge in [-0.1, -0.05) is 60.1 Å². The maximum atomic E-state index is 13.8. The zero-order chi connectivity index (χ0) is 24.5. The van der Waals surface area contributed by atoms with Gasteiger partial charge < -0.3 is 5.32 Å². The molecule has 0 saturated heterocycles. The summed E-state index contributed by atoms with van der Waals surface area (Å²) in [7, 11) is 0. The fourth-order valence-electron chi connectivity index (χ4n) is 3.76. The minimum absolute atomic E-state index is 0.0337. The molecule has 0 radical (unpaired) electrons. The lowest BCUT2D eigenvalue weighted by atomic mass is 10.1. The number of aromatic nitrogens is 5. The van der Waals surface area contributed by atoms with E-state index in [1.165, 1.54) is 12.3 Å². The van der Waals surface area contributed by atoms with E-state index in [4.69, 9.17) is 11.6 Å². The molecule has 0 unspecified atom stereocenters. The van der Waals surface area contributed by atoms with Gasteiger partial charge in [0.25, 0.3) is 12.3 Å². The summed E-state index contributed by atoms with van der Waals surface area (Å²) in [6, 6.07) is 19.3. The largest absolute Gasteiger partial charge is 0.305 e. The number of hydrogen-bond acceptors (Lipinski definition) is 4. The Balaban J connectivity index is 1.47. The first kappa shape index (κ1) is 22.7. The minimum atomic E-state index is -2.80. The van der Waals surface area contributed by atoms with Crippen molar-refractivity contribution in [2.75, 3.05) is 5.32 Å². The summed E-state index contributed by atoms with van der Waals surface area (Å²) in [6.45, 7) is 2.29. The van der Waals surface area contributed by atoms with E-state index in [2.05, 4.69) is 20.5 Å². The zero-order valence-corrected chi connectivity index (χ0v) is 19.2. The van der Waals surface area contributed by atoms with Gasteiger partial charge in [-0.15, -0.1) is 0 Å². The van der Waals surface area contributed by atoms with Crippen molar-refractivity contribution < 1.29 is 13.6 Å². The number of amides is 1. The highest BCUT2D eigenvalue weighted by Crippen LogP contribution is 2.27. The predicted octanol–water partition coefficient (Wildman–Crippen LogP) is 5.79. The molecular formula is C25H19ClF2N6O. The fraction of sp³-hybridized carbons (Fsp3) is 0.120. The third-order valence-electron chi connectivity index (χ3n) is 5.54. The molecule has 176 valence electrons. The molecule has 0 aliphatic heterocycles. The Morgan fingerprint density at radius 1 is 1.09 bits per heavy atom. The number of nitrogens with one attached hydrogen (secondary N) is 1. The zero-order valence-electron chi connectivity index (χ0n) is 18.5. The average molecular weight is 493 g/mol. The molecule has 0 aliphatic carbocycles. The number of anilines is 1. The molecule has 35 heavy (non-hydrogen) atoms. The van der Waals surface area contributed by atoms with Crippen LogP contribution in [0.4, 0.5) is 14.6 Å². The number of nitrogens with zero attached hydrogens (tertiary/aromatic N) is 5. The van der Waals surface area contributed by atoms with Crippen LogP contribution in [-0.2, 0) is 6.54 Å². The van der Waals surface area contributed by atoms with E-state index >= 15 is 0 Å². The molecule has 5 aromatic rings. The molecule has 0 saturated carbocycles. The van der Waals surface area contributed by atoms with E-state index in [0.717, 1.165) is 15.8 Å². The second-order valence-corrected chi connectivity index (χ2v) is 8.31. The van der Waals surface area contributed by atoms with Gasteiger partial charge in [0, 0.05) is 22.3 Å². The Morgan fingerprint density at radius 2 is 1.83 bits per heavy atom. The number of carbonyl (C=O) groups excluding carboxylic acids is 1. The smallest absolute Gasteiger partial charge is 0.280 e. The number of fused-ring (bicyclic) bond motifs is 1. The fourth-order valence-corrected chi connectivity index (χ4v) is 3.96. The van der Waals surface area contributed by atoms with Crippen LogP contribution in [0.3, 0.4) is 0 Å². The van der Waals surface area contributed by atoms with E-state index in [1.54, 1.807) is 41.1 Å². The van der Waals surface area contributed by atoms with Gasteiger partial charge in [-0.2, -0.15) is 10.2 Å². The first-order valence-electron chi connectivity index (χ1n) is 10.7. The second kappa shape index (κ2) is 9.27. The van der Waals surface area contributed by atoms with Gasteiger partial charge in [0.15, 0.2) is 11.5 Å². The number of alkyl halides is 2. The maximum Gasteiger partial charge on any atom is 0.280 e. The molecular weight excluding hydrogens is 474 g/mol. The lowest BCUT2D eigenvalue weighted by molar-refractivity contribution is 0.102.